The summed E-state index contributed by atoms with van der Waals surface area (Å²) in [4.78, 5) is 0.301. The van der Waals surface area contributed by atoms with Crippen molar-refractivity contribution in [3.63, 3.8) is 0 Å². The number of benzene rings is 2. The highest BCUT2D eigenvalue weighted by Crippen LogP contribution is 2.30. The van der Waals surface area contributed by atoms with Gasteiger partial charge in [-0.1, -0.05) is 24.3 Å². The van der Waals surface area contributed by atoms with E-state index in [4.69, 9.17) is 9.47 Å². The van der Waals surface area contributed by atoms with Crippen LogP contribution in [0.2, 0.25) is 0 Å². The van der Waals surface area contributed by atoms with Gasteiger partial charge < -0.3 is 9.47 Å². The monoisotopic (exact) mass is 333 g/mol. The lowest BCUT2D eigenvalue weighted by atomic mass is 10.2. The second-order valence-electron chi connectivity index (χ2n) is 5.62. The molecular weight excluding hydrogens is 314 g/mol. The molecule has 0 spiro atoms. The van der Waals surface area contributed by atoms with Gasteiger partial charge >= 0.3 is 0 Å². The second-order valence-corrected chi connectivity index (χ2v) is 7.35. The van der Waals surface area contributed by atoms with Crippen molar-refractivity contribution in [3.8, 4) is 11.5 Å². The van der Waals surface area contributed by atoms with Crippen molar-refractivity contribution < 1.29 is 17.9 Å². The molecular formula is C17H19NO4S. The van der Waals surface area contributed by atoms with Gasteiger partial charge in [-0.2, -0.15) is 0 Å². The Labute approximate surface area is 136 Å². The van der Waals surface area contributed by atoms with Crippen molar-refractivity contribution in [2.75, 3.05) is 13.2 Å². The van der Waals surface area contributed by atoms with Crippen LogP contribution in [0.4, 0.5) is 0 Å². The van der Waals surface area contributed by atoms with E-state index < -0.39 is 10.0 Å². The van der Waals surface area contributed by atoms with Crippen LogP contribution < -0.4 is 14.2 Å². The van der Waals surface area contributed by atoms with E-state index in [1.54, 1.807) is 25.1 Å². The van der Waals surface area contributed by atoms with E-state index in [0.29, 0.717) is 28.6 Å². The molecule has 122 valence electrons. The maximum Gasteiger partial charge on any atom is 0.240 e. The minimum Gasteiger partial charge on any atom is -0.486 e. The molecule has 0 aromatic heterocycles. The van der Waals surface area contributed by atoms with Gasteiger partial charge in [0.15, 0.2) is 11.5 Å². The predicted octanol–water partition coefficient (Wildman–Crippen LogP) is 2.42. The SMILES string of the molecule is Cc1ccc(C)c(S(=O)(=O)NCC2COc3ccccc3O2)c1. The summed E-state index contributed by atoms with van der Waals surface area (Å²) in [5, 5.41) is 0. The Kier molecular flexibility index (Phi) is 4.28. The minimum atomic E-state index is -3.58. The van der Waals surface area contributed by atoms with Crippen LogP contribution >= 0.6 is 0 Å². The molecule has 2 aromatic carbocycles. The standard InChI is InChI=1S/C17H19NO4S/c1-12-7-8-13(2)17(9-12)23(19,20)18-10-14-11-21-15-5-3-4-6-16(15)22-14/h3-9,14,18H,10-11H2,1-2H3. The summed E-state index contributed by atoms with van der Waals surface area (Å²) in [5.41, 5.74) is 1.62. The summed E-state index contributed by atoms with van der Waals surface area (Å²) in [6, 6.07) is 12.7. The Morgan fingerprint density at radius 3 is 2.65 bits per heavy atom. The molecule has 1 aliphatic rings. The van der Waals surface area contributed by atoms with Crippen molar-refractivity contribution in [1.82, 2.24) is 4.72 Å². The first-order valence-electron chi connectivity index (χ1n) is 7.41. The summed E-state index contributed by atoms with van der Waals surface area (Å²) in [6.07, 6.45) is -0.357. The van der Waals surface area contributed by atoms with Crippen LogP contribution in [-0.4, -0.2) is 27.7 Å². The van der Waals surface area contributed by atoms with Gasteiger partial charge in [0.2, 0.25) is 10.0 Å². The van der Waals surface area contributed by atoms with Crippen molar-refractivity contribution in [1.29, 1.82) is 0 Å². The highest BCUT2D eigenvalue weighted by atomic mass is 32.2. The molecule has 0 saturated carbocycles. The van der Waals surface area contributed by atoms with E-state index >= 15 is 0 Å². The average molecular weight is 333 g/mol. The number of sulfonamides is 1. The predicted molar refractivity (Wildman–Crippen MR) is 87.5 cm³/mol. The highest BCUT2D eigenvalue weighted by molar-refractivity contribution is 7.89. The molecule has 1 N–H and O–H groups in total. The Hall–Kier alpha value is -2.05. The van der Waals surface area contributed by atoms with E-state index in [2.05, 4.69) is 4.72 Å². The maximum atomic E-state index is 12.5. The maximum absolute atomic E-state index is 12.5. The molecule has 2 aromatic rings. The third kappa shape index (κ3) is 3.48. The summed E-state index contributed by atoms with van der Waals surface area (Å²) in [7, 11) is -3.58. The largest absolute Gasteiger partial charge is 0.486 e. The molecule has 5 nitrogen and oxygen atoms in total. The zero-order valence-electron chi connectivity index (χ0n) is 13.1. The zero-order valence-corrected chi connectivity index (χ0v) is 13.9. The molecule has 1 atom stereocenters. The summed E-state index contributed by atoms with van der Waals surface area (Å²) in [6.45, 7) is 4.12. The number of ether oxygens (including phenoxy) is 2. The molecule has 23 heavy (non-hydrogen) atoms. The van der Waals surface area contributed by atoms with Gasteiger partial charge in [-0.15, -0.1) is 0 Å². The quantitative estimate of drug-likeness (QED) is 0.933. The first-order chi connectivity index (χ1) is 11.0. The lowest BCUT2D eigenvalue weighted by molar-refractivity contribution is 0.0943. The van der Waals surface area contributed by atoms with Crippen LogP contribution in [0.15, 0.2) is 47.4 Å². The summed E-state index contributed by atoms with van der Waals surface area (Å²) < 4.78 is 38.9. The van der Waals surface area contributed by atoms with Crippen molar-refractivity contribution >= 4 is 10.0 Å². The lowest BCUT2D eigenvalue weighted by Crippen LogP contribution is -2.40. The fourth-order valence-corrected chi connectivity index (χ4v) is 3.83. The second kappa shape index (κ2) is 6.22. The van der Waals surface area contributed by atoms with Gasteiger partial charge in [-0.3, -0.25) is 0 Å². The summed E-state index contributed by atoms with van der Waals surface area (Å²) in [5.74, 6) is 1.32. The molecule has 3 rings (SSSR count). The fraction of sp³-hybridized carbons (Fsp3) is 0.294. The third-order valence-electron chi connectivity index (χ3n) is 3.70. The minimum absolute atomic E-state index is 0.157. The van der Waals surface area contributed by atoms with Crippen LogP contribution in [0.3, 0.4) is 0 Å². The van der Waals surface area contributed by atoms with Crippen LogP contribution in [0, 0.1) is 13.8 Å². The topological polar surface area (TPSA) is 64.6 Å². The normalized spacial score (nSPS) is 17.0. The van der Waals surface area contributed by atoms with Crippen LogP contribution in [0.5, 0.6) is 11.5 Å². The molecule has 0 saturated heterocycles. The van der Waals surface area contributed by atoms with Crippen molar-refractivity contribution in [2.45, 2.75) is 24.8 Å². The number of aryl methyl sites for hydroxylation is 2. The van der Waals surface area contributed by atoms with E-state index in [9.17, 15) is 8.42 Å². The van der Waals surface area contributed by atoms with E-state index in [0.717, 1.165) is 5.56 Å². The first-order valence-corrected chi connectivity index (χ1v) is 8.89. The molecule has 0 amide bonds. The van der Waals surface area contributed by atoms with Gasteiger partial charge in [0.1, 0.15) is 12.7 Å². The lowest BCUT2D eigenvalue weighted by Gasteiger charge is -2.26. The molecule has 0 aliphatic carbocycles. The molecule has 1 unspecified atom stereocenters. The van der Waals surface area contributed by atoms with Gasteiger partial charge in [0.25, 0.3) is 0 Å². The van der Waals surface area contributed by atoms with Gasteiger partial charge in [-0.05, 0) is 43.2 Å². The smallest absolute Gasteiger partial charge is 0.240 e. The van der Waals surface area contributed by atoms with Gasteiger partial charge in [-0.25, -0.2) is 13.1 Å². The number of rotatable bonds is 4. The molecule has 0 radical (unpaired) electrons. The number of hydrogen-bond acceptors (Lipinski definition) is 4. The van der Waals surface area contributed by atoms with E-state index in [1.807, 2.05) is 31.2 Å². The third-order valence-corrected chi connectivity index (χ3v) is 5.27. The molecule has 6 heteroatoms. The Balaban J connectivity index is 1.70. The molecule has 1 heterocycles. The number of fused-ring (bicyclic) bond motifs is 1. The molecule has 0 fully saturated rings. The number of nitrogens with one attached hydrogen (secondary N) is 1. The van der Waals surface area contributed by atoms with Crippen molar-refractivity contribution in [2.24, 2.45) is 0 Å². The van der Waals surface area contributed by atoms with Crippen molar-refractivity contribution in [3.05, 3.63) is 53.6 Å². The Morgan fingerprint density at radius 2 is 1.87 bits per heavy atom. The average Bonchev–Trinajstić information content (AvgIpc) is 2.55. The zero-order chi connectivity index (χ0) is 16.4. The first kappa shape index (κ1) is 15.8. The highest BCUT2D eigenvalue weighted by Gasteiger charge is 2.24. The summed E-state index contributed by atoms with van der Waals surface area (Å²) >= 11 is 0. The Morgan fingerprint density at radius 1 is 1.13 bits per heavy atom. The van der Waals surface area contributed by atoms with E-state index in [-0.39, 0.29) is 12.6 Å². The van der Waals surface area contributed by atoms with Gasteiger partial charge in [0.05, 0.1) is 11.4 Å². The van der Waals surface area contributed by atoms with Crippen LogP contribution in [0.25, 0.3) is 0 Å². The fourth-order valence-electron chi connectivity index (χ4n) is 2.44. The number of hydrogen-bond donors (Lipinski definition) is 1. The van der Waals surface area contributed by atoms with Crippen LogP contribution in [-0.2, 0) is 10.0 Å². The van der Waals surface area contributed by atoms with E-state index in [1.165, 1.54) is 0 Å². The molecule has 0 bridgehead atoms. The van der Waals surface area contributed by atoms with Crippen LogP contribution in [0.1, 0.15) is 11.1 Å². The number of para-hydroxylation sites is 2. The molecule has 1 aliphatic heterocycles. The van der Waals surface area contributed by atoms with Gasteiger partial charge in [0, 0.05) is 0 Å². The Bertz CT molecular complexity index is 817.